The van der Waals surface area contributed by atoms with Crippen molar-refractivity contribution in [1.82, 2.24) is 19.9 Å². The molecule has 0 amide bonds. The molecule has 0 spiro atoms. The van der Waals surface area contributed by atoms with E-state index in [1.54, 1.807) is 43.0 Å². The summed E-state index contributed by atoms with van der Waals surface area (Å²) >= 11 is 0. The predicted octanol–water partition coefficient (Wildman–Crippen LogP) is 3.99. The molecule has 4 rings (SSSR count). The third-order valence-corrected chi connectivity index (χ3v) is 4.26. The highest BCUT2D eigenvalue weighted by atomic mass is 14.9. The molecule has 0 fully saturated rings. The van der Waals surface area contributed by atoms with Gasteiger partial charge in [0.25, 0.3) is 0 Å². The Bertz CT molecular complexity index is 981. The monoisotopic (exact) mass is 351 g/mol. The minimum atomic E-state index is -0.281. The molecule has 2 heterocycles. The Morgan fingerprint density at radius 1 is 0.741 bits per heavy atom. The van der Waals surface area contributed by atoms with E-state index in [1.165, 1.54) is 0 Å². The first kappa shape index (κ1) is 16.7. The van der Waals surface area contributed by atoms with Gasteiger partial charge in [-0.2, -0.15) is 0 Å². The van der Waals surface area contributed by atoms with Crippen molar-refractivity contribution in [2.75, 3.05) is 0 Å². The molecule has 0 saturated carbocycles. The third kappa shape index (κ3) is 3.48. The molecular weight excluding hydrogens is 334 g/mol. The molecule has 130 valence electrons. The summed E-state index contributed by atoms with van der Waals surface area (Å²) in [6.07, 6.45) is 14.4. The van der Waals surface area contributed by atoms with Crippen LogP contribution in [0, 0.1) is 11.3 Å². The Labute approximate surface area is 157 Å². The lowest BCUT2D eigenvalue weighted by Crippen LogP contribution is -2.17. The SMILES string of the molecule is N=C1C=CC=CC1C(=C(c1ccccc1)c1ncccn1)c1ncccn1. The van der Waals surface area contributed by atoms with E-state index < -0.39 is 0 Å². The molecule has 1 atom stereocenters. The van der Waals surface area contributed by atoms with Crippen LogP contribution in [0.25, 0.3) is 11.1 Å². The molecule has 0 bridgehead atoms. The van der Waals surface area contributed by atoms with E-state index in [2.05, 4.69) is 19.9 Å². The van der Waals surface area contributed by atoms with Gasteiger partial charge in [0, 0.05) is 47.6 Å². The second-order valence-corrected chi connectivity index (χ2v) is 5.98. The number of rotatable bonds is 4. The Morgan fingerprint density at radius 3 is 2.00 bits per heavy atom. The van der Waals surface area contributed by atoms with E-state index in [0.29, 0.717) is 17.4 Å². The first-order chi connectivity index (χ1) is 13.3. The van der Waals surface area contributed by atoms with Crippen LogP contribution in [0.5, 0.6) is 0 Å². The maximum absolute atomic E-state index is 8.48. The topological polar surface area (TPSA) is 75.4 Å². The fourth-order valence-corrected chi connectivity index (χ4v) is 3.08. The first-order valence-electron chi connectivity index (χ1n) is 8.62. The molecule has 0 saturated heterocycles. The zero-order valence-corrected chi connectivity index (χ0v) is 14.5. The van der Waals surface area contributed by atoms with Crippen LogP contribution in [-0.2, 0) is 0 Å². The molecule has 27 heavy (non-hydrogen) atoms. The van der Waals surface area contributed by atoms with Gasteiger partial charge in [-0.25, -0.2) is 19.9 Å². The van der Waals surface area contributed by atoms with Crippen LogP contribution in [0.15, 0.2) is 91.6 Å². The van der Waals surface area contributed by atoms with Gasteiger partial charge in [-0.1, -0.05) is 48.6 Å². The van der Waals surface area contributed by atoms with E-state index in [9.17, 15) is 0 Å². The van der Waals surface area contributed by atoms with Crippen molar-refractivity contribution >= 4 is 16.9 Å². The smallest absolute Gasteiger partial charge is 0.160 e. The summed E-state index contributed by atoms with van der Waals surface area (Å²) < 4.78 is 0. The van der Waals surface area contributed by atoms with Gasteiger partial charge in [-0.15, -0.1) is 0 Å². The fraction of sp³-hybridized carbons (Fsp3) is 0.0455. The van der Waals surface area contributed by atoms with Gasteiger partial charge < -0.3 is 5.41 Å². The van der Waals surface area contributed by atoms with Crippen molar-refractivity contribution in [3.63, 3.8) is 0 Å². The summed E-state index contributed by atoms with van der Waals surface area (Å²) in [5, 5.41) is 8.48. The summed E-state index contributed by atoms with van der Waals surface area (Å²) in [6, 6.07) is 13.5. The van der Waals surface area contributed by atoms with Crippen LogP contribution in [0.4, 0.5) is 0 Å². The fourth-order valence-electron chi connectivity index (χ4n) is 3.08. The highest BCUT2D eigenvalue weighted by molar-refractivity contribution is 6.10. The van der Waals surface area contributed by atoms with Crippen LogP contribution in [0.2, 0.25) is 0 Å². The number of hydrogen-bond donors (Lipinski definition) is 1. The number of allylic oxidation sites excluding steroid dienone is 5. The number of benzene rings is 1. The minimum Gasteiger partial charge on any atom is -0.304 e. The standard InChI is InChI=1S/C22H17N5/c23-18-11-5-4-10-17(18)20(22-26-14-7-15-27-22)19(16-8-2-1-3-9-16)21-24-12-6-13-25-21/h1-15,17,23H. The van der Waals surface area contributed by atoms with Crippen molar-refractivity contribution in [3.8, 4) is 0 Å². The molecule has 3 aromatic rings. The Balaban J connectivity index is 2.05. The minimum absolute atomic E-state index is 0.281. The lowest BCUT2D eigenvalue weighted by molar-refractivity contribution is 1.03. The molecule has 0 radical (unpaired) electrons. The zero-order valence-electron chi connectivity index (χ0n) is 14.5. The molecule has 0 aliphatic heterocycles. The van der Waals surface area contributed by atoms with Crippen molar-refractivity contribution in [2.24, 2.45) is 5.92 Å². The third-order valence-electron chi connectivity index (χ3n) is 4.26. The zero-order chi connectivity index (χ0) is 18.5. The van der Waals surface area contributed by atoms with Gasteiger partial charge in [0.05, 0.1) is 0 Å². The Morgan fingerprint density at radius 2 is 1.37 bits per heavy atom. The predicted molar refractivity (Wildman–Crippen MR) is 106 cm³/mol. The number of hydrogen-bond acceptors (Lipinski definition) is 5. The number of nitrogens with zero attached hydrogens (tertiary/aromatic N) is 4. The molecule has 5 nitrogen and oxygen atoms in total. The lowest BCUT2D eigenvalue weighted by atomic mass is 9.84. The molecule has 1 aliphatic rings. The highest BCUT2D eigenvalue weighted by Gasteiger charge is 2.26. The quantitative estimate of drug-likeness (QED) is 0.771. The number of aromatic nitrogens is 4. The van der Waals surface area contributed by atoms with Crippen molar-refractivity contribution in [2.45, 2.75) is 0 Å². The summed E-state index contributed by atoms with van der Waals surface area (Å²) in [7, 11) is 0. The van der Waals surface area contributed by atoms with Crippen molar-refractivity contribution < 1.29 is 0 Å². The van der Waals surface area contributed by atoms with E-state index in [0.717, 1.165) is 16.7 Å². The van der Waals surface area contributed by atoms with Crippen LogP contribution in [0.3, 0.4) is 0 Å². The average Bonchev–Trinajstić information content (AvgIpc) is 2.74. The molecule has 1 unspecified atom stereocenters. The number of nitrogens with one attached hydrogen (secondary N) is 1. The Kier molecular flexibility index (Phi) is 4.74. The summed E-state index contributed by atoms with van der Waals surface area (Å²) in [4.78, 5) is 17.9. The van der Waals surface area contributed by atoms with Gasteiger partial charge in [-0.05, 0) is 23.8 Å². The van der Waals surface area contributed by atoms with Gasteiger partial charge in [0.15, 0.2) is 11.6 Å². The summed E-state index contributed by atoms with van der Waals surface area (Å²) in [5.74, 6) is 0.872. The van der Waals surface area contributed by atoms with Gasteiger partial charge in [-0.3, -0.25) is 0 Å². The molecule has 1 N–H and O–H groups in total. The highest BCUT2D eigenvalue weighted by Crippen LogP contribution is 2.36. The molecule has 1 aromatic carbocycles. The van der Waals surface area contributed by atoms with Crippen LogP contribution in [-0.4, -0.2) is 25.6 Å². The molecule has 2 aromatic heterocycles. The molecule has 5 heteroatoms. The van der Waals surface area contributed by atoms with Crippen LogP contribution >= 0.6 is 0 Å². The van der Waals surface area contributed by atoms with Gasteiger partial charge in [0.2, 0.25) is 0 Å². The molecular formula is C22H17N5. The second kappa shape index (κ2) is 7.66. The van der Waals surface area contributed by atoms with E-state index >= 15 is 0 Å². The maximum Gasteiger partial charge on any atom is 0.160 e. The molecule has 1 aliphatic carbocycles. The van der Waals surface area contributed by atoms with Gasteiger partial charge in [0.1, 0.15) is 0 Å². The first-order valence-corrected chi connectivity index (χ1v) is 8.62. The Hall–Kier alpha value is -3.73. The van der Waals surface area contributed by atoms with E-state index in [-0.39, 0.29) is 5.92 Å². The maximum atomic E-state index is 8.48. The van der Waals surface area contributed by atoms with Crippen LogP contribution in [0.1, 0.15) is 17.2 Å². The second-order valence-electron chi connectivity index (χ2n) is 5.98. The summed E-state index contributed by atoms with van der Waals surface area (Å²) in [6.45, 7) is 0. The largest absolute Gasteiger partial charge is 0.304 e. The van der Waals surface area contributed by atoms with Gasteiger partial charge >= 0.3 is 0 Å². The normalized spacial score (nSPS) is 16.9. The van der Waals surface area contributed by atoms with E-state index in [4.69, 9.17) is 5.41 Å². The lowest BCUT2D eigenvalue weighted by Gasteiger charge is -2.21. The van der Waals surface area contributed by atoms with E-state index in [1.807, 2.05) is 48.6 Å². The van der Waals surface area contributed by atoms with Crippen LogP contribution < -0.4 is 0 Å². The van der Waals surface area contributed by atoms with Crippen molar-refractivity contribution in [1.29, 1.82) is 5.41 Å². The summed E-state index contributed by atoms with van der Waals surface area (Å²) in [5.41, 5.74) is 3.09. The average molecular weight is 351 g/mol. The van der Waals surface area contributed by atoms with Crippen molar-refractivity contribution in [3.05, 3.63) is 109 Å².